The van der Waals surface area contributed by atoms with Gasteiger partial charge in [-0.2, -0.15) is 8.42 Å². The van der Waals surface area contributed by atoms with Crippen molar-refractivity contribution in [2.75, 3.05) is 0 Å². The second-order valence-electron chi connectivity index (χ2n) is 5.89. The largest absolute Gasteiger partial charge is 0.505 e. The molecule has 0 amide bonds. The zero-order valence-electron chi connectivity index (χ0n) is 16.3. The number of aromatic hydroxyl groups is 1. The molecule has 0 atom stereocenters. The molecule has 3 N–H and O–H groups in total. The molecule has 0 saturated heterocycles. The summed E-state index contributed by atoms with van der Waals surface area (Å²) < 4.78 is 32.7. The quantitative estimate of drug-likeness (QED) is 0.301. The first-order chi connectivity index (χ1) is 13.1. The number of phenols is 1. The number of azo groups is 1. The normalized spacial score (nSPS) is 11.2. The first kappa shape index (κ1) is 27.0. The van der Waals surface area contributed by atoms with E-state index in [4.69, 9.17) is 11.6 Å². The predicted octanol–water partition coefficient (Wildman–Crippen LogP) is 4.11. The minimum absolute atomic E-state index is 0. The Morgan fingerprint density at radius 1 is 1.07 bits per heavy atom. The summed E-state index contributed by atoms with van der Waals surface area (Å²) >= 11 is 6.01. The number of aryl methyl sites for hydroxylation is 1. The zero-order valence-corrected chi connectivity index (χ0v) is 21.9. The van der Waals surface area contributed by atoms with Gasteiger partial charge in [-0.25, -0.2) is 4.79 Å². The van der Waals surface area contributed by atoms with Crippen molar-refractivity contribution in [2.24, 2.45) is 10.2 Å². The number of benzene rings is 3. The van der Waals surface area contributed by atoms with Gasteiger partial charge < -0.3 is 10.2 Å². The maximum Gasteiger partial charge on any atom is 0.339 e. The Morgan fingerprint density at radius 2 is 1.70 bits per heavy atom. The summed E-state index contributed by atoms with van der Waals surface area (Å²) in [5.41, 5.74) is -0.408. The minimum Gasteiger partial charge on any atom is -0.505 e. The van der Waals surface area contributed by atoms with Crippen LogP contribution in [0.25, 0.3) is 10.8 Å². The fourth-order valence-electron chi connectivity index (χ4n) is 2.61. The molecule has 146 valence electrons. The van der Waals surface area contributed by atoms with Crippen molar-refractivity contribution in [1.82, 2.24) is 0 Å². The maximum atomic E-state index is 11.6. The Balaban J connectivity index is 0.00000225. The molecular weight excluding hydrogens is 454 g/mol. The van der Waals surface area contributed by atoms with E-state index in [-0.39, 0.29) is 81.1 Å². The smallest absolute Gasteiger partial charge is 0.339 e. The van der Waals surface area contributed by atoms with E-state index in [1.165, 1.54) is 12.1 Å². The number of aromatic carboxylic acids is 1. The first-order valence-electron chi connectivity index (χ1n) is 7.77. The van der Waals surface area contributed by atoms with Gasteiger partial charge in [0.1, 0.15) is 21.8 Å². The molecule has 0 bridgehead atoms. The molecule has 0 spiro atoms. The SMILES string of the molecule is Cc1cc(S(=O)(=O)O)c(N=Nc2c(O)c(C(=O)O)cc3ccccc23)cc1Cl.[Na].[Na]. The number of fused-ring (bicyclic) bond motifs is 1. The van der Waals surface area contributed by atoms with E-state index in [9.17, 15) is 28.0 Å². The average Bonchev–Trinajstić information content (AvgIpc) is 2.61. The fourth-order valence-corrected chi connectivity index (χ4v) is 3.46. The Hall–Kier alpha value is -1.01. The third-order valence-electron chi connectivity index (χ3n) is 4.00. The summed E-state index contributed by atoms with van der Waals surface area (Å²) in [7, 11) is -4.62. The maximum absolute atomic E-state index is 11.6. The topological polar surface area (TPSA) is 137 Å². The zero-order chi connectivity index (χ0) is 20.6. The van der Waals surface area contributed by atoms with Crippen molar-refractivity contribution >= 4 is 109 Å². The van der Waals surface area contributed by atoms with Gasteiger partial charge in [-0.15, -0.1) is 10.2 Å². The van der Waals surface area contributed by atoms with Crippen LogP contribution >= 0.6 is 11.6 Å². The van der Waals surface area contributed by atoms with E-state index in [2.05, 4.69) is 10.2 Å². The van der Waals surface area contributed by atoms with Gasteiger partial charge in [-0.3, -0.25) is 4.55 Å². The number of carbonyl (C=O) groups is 1. The van der Waals surface area contributed by atoms with Gasteiger partial charge in [0.15, 0.2) is 5.75 Å². The van der Waals surface area contributed by atoms with E-state index in [0.29, 0.717) is 16.3 Å². The summed E-state index contributed by atoms with van der Waals surface area (Å²) in [6, 6.07) is 10.2. The summed E-state index contributed by atoms with van der Waals surface area (Å²) in [4.78, 5) is 10.9. The third-order valence-corrected chi connectivity index (χ3v) is 5.29. The predicted molar refractivity (Wildman–Crippen MR) is 114 cm³/mol. The van der Waals surface area contributed by atoms with Gasteiger partial charge in [0.05, 0.1) is 0 Å². The molecule has 2 radical (unpaired) electrons. The second-order valence-corrected chi connectivity index (χ2v) is 7.69. The van der Waals surface area contributed by atoms with Crippen molar-refractivity contribution in [3.05, 3.63) is 58.6 Å². The van der Waals surface area contributed by atoms with Gasteiger partial charge in [-0.1, -0.05) is 35.9 Å². The van der Waals surface area contributed by atoms with E-state index in [1.54, 1.807) is 31.2 Å². The van der Waals surface area contributed by atoms with Crippen LogP contribution in [0.4, 0.5) is 11.4 Å². The monoisotopic (exact) mass is 466 g/mol. The molecular formula is C18H13ClN2Na2O6S. The number of hydrogen-bond acceptors (Lipinski definition) is 6. The van der Waals surface area contributed by atoms with E-state index in [0.717, 1.165) is 6.07 Å². The molecule has 0 heterocycles. The Bertz CT molecular complexity index is 1270. The molecule has 12 heteroatoms. The van der Waals surface area contributed by atoms with Gasteiger partial charge in [0.2, 0.25) is 0 Å². The summed E-state index contributed by atoms with van der Waals surface area (Å²) in [5, 5.41) is 28.4. The number of hydrogen-bond donors (Lipinski definition) is 3. The van der Waals surface area contributed by atoms with Crippen LogP contribution in [0.3, 0.4) is 0 Å². The average molecular weight is 467 g/mol. The van der Waals surface area contributed by atoms with Gasteiger partial charge in [0.25, 0.3) is 10.1 Å². The van der Waals surface area contributed by atoms with Crippen molar-refractivity contribution in [2.45, 2.75) is 11.8 Å². The van der Waals surface area contributed by atoms with Crippen LogP contribution in [0, 0.1) is 6.92 Å². The molecule has 3 rings (SSSR count). The third kappa shape index (κ3) is 5.61. The van der Waals surface area contributed by atoms with E-state index < -0.39 is 26.7 Å². The molecule has 0 aliphatic carbocycles. The first-order valence-corrected chi connectivity index (χ1v) is 9.58. The molecule has 0 aliphatic rings. The summed E-state index contributed by atoms with van der Waals surface area (Å²) in [6.45, 7) is 1.55. The number of carboxylic acids is 1. The molecule has 0 fully saturated rings. The van der Waals surface area contributed by atoms with Crippen LogP contribution < -0.4 is 0 Å². The summed E-state index contributed by atoms with van der Waals surface area (Å²) in [6.07, 6.45) is 0. The second kappa shape index (κ2) is 10.5. The molecule has 3 aromatic rings. The van der Waals surface area contributed by atoms with Crippen molar-refractivity contribution in [3.8, 4) is 5.75 Å². The van der Waals surface area contributed by atoms with Crippen LogP contribution in [-0.4, -0.2) is 88.3 Å². The minimum atomic E-state index is -4.62. The molecule has 0 aromatic heterocycles. The number of carboxylic acid groups (broad SMARTS) is 1. The Morgan fingerprint density at radius 3 is 2.30 bits per heavy atom. The van der Waals surface area contributed by atoms with Gasteiger partial charge in [-0.05, 0) is 36.1 Å². The molecule has 30 heavy (non-hydrogen) atoms. The Labute approximate surface area is 221 Å². The van der Waals surface area contributed by atoms with Crippen LogP contribution in [0.2, 0.25) is 5.02 Å². The van der Waals surface area contributed by atoms with Crippen LogP contribution in [0.5, 0.6) is 5.75 Å². The van der Waals surface area contributed by atoms with Crippen LogP contribution in [0.15, 0.2) is 57.6 Å². The van der Waals surface area contributed by atoms with E-state index >= 15 is 0 Å². The van der Waals surface area contributed by atoms with Crippen molar-refractivity contribution < 1.29 is 28.0 Å². The fraction of sp³-hybridized carbons (Fsp3) is 0.0556. The van der Waals surface area contributed by atoms with E-state index in [1.807, 2.05) is 0 Å². The van der Waals surface area contributed by atoms with Crippen LogP contribution in [-0.2, 0) is 10.1 Å². The molecule has 3 aromatic carbocycles. The summed E-state index contributed by atoms with van der Waals surface area (Å²) in [5.74, 6) is -1.99. The Kier molecular flexibility index (Phi) is 9.49. The van der Waals surface area contributed by atoms with Crippen LogP contribution in [0.1, 0.15) is 15.9 Å². The van der Waals surface area contributed by atoms with Crippen molar-refractivity contribution in [1.29, 1.82) is 0 Å². The molecule has 0 saturated carbocycles. The standard InChI is InChI=1S/C18H13ClN2O6S.2Na/c1-9-6-15(28(25,26)27)14(8-13(9)19)20-21-16-11-5-3-2-4-10(11)7-12(17(16)22)18(23)24;;/h2-8,22H,1H3,(H,23,24)(H,25,26,27);;. The number of halogens is 1. The van der Waals surface area contributed by atoms with Gasteiger partial charge >= 0.3 is 5.97 Å². The van der Waals surface area contributed by atoms with Gasteiger partial charge in [0, 0.05) is 69.5 Å². The molecule has 8 nitrogen and oxygen atoms in total. The molecule has 0 unspecified atom stereocenters. The molecule has 0 aliphatic heterocycles. The van der Waals surface area contributed by atoms with Crippen molar-refractivity contribution in [3.63, 3.8) is 0 Å². The number of nitrogens with zero attached hydrogens (tertiary/aromatic N) is 2. The number of rotatable bonds is 4.